The second-order valence-corrected chi connectivity index (χ2v) is 4.36. The van der Waals surface area contributed by atoms with Crippen LogP contribution in [0.15, 0.2) is 24.3 Å². The fourth-order valence-electron chi connectivity index (χ4n) is 1.70. The summed E-state index contributed by atoms with van der Waals surface area (Å²) in [7, 11) is 0. The summed E-state index contributed by atoms with van der Waals surface area (Å²) in [6.45, 7) is 3.49. The number of rotatable bonds is 7. The monoisotopic (exact) mass is 288 g/mol. The van der Waals surface area contributed by atoms with E-state index in [0.717, 1.165) is 36.9 Å². The van der Waals surface area contributed by atoms with Gasteiger partial charge >= 0.3 is 0 Å². The van der Waals surface area contributed by atoms with Gasteiger partial charge in [-0.05, 0) is 37.3 Å². The van der Waals surface area contributed by atoms with Crippen molar-refractivity contribution in [2.24, 2.45) is 0 Å². The summed E-state index contributed by atoms with van der Waals surface area (Å²) in [6, 6.07) is 7.00. The normalized spacial score (nSPS) is 12.7. The summed E-state index contributed by atoms with van der Waals surface area (Å²) < 4.78 is 18.8. The highest BCUT2D eigenvalue weighted by Gasteiger charge is 2.13. The lowest BCUT2D eigenvalue weighted by atomic mass is 9.96. The molecule has 1 nitrogen and oxygen atoms in total. The Bertz CT molecular complexity index is 304. The molecular weight excluding hydrogens is 271 g/mol. The summed E-state index contributed by atoms with van der Waals surface area (Å²) in [5.74, 6) is 0.130. The van der Waals surface area contributed by atoms with Crippen LogP contribution in [0.1, 0.15) is 31.2 Å². The Balaban J connectivity index is 2.51. The third-order valence-corrected chi connectivity index (χ3v) is 3.36. The minimum absolute atomic E-state index is 0.108. The summed E-state index contributed by atoms with van der Waals surface area (Å²) in [5, 5.41) is 0.792. The Kier molecular flexibility index (Phi) is 6.65. The van der Waals surface area contributed by atoms with E-state index in [4.69, 9.17) is 4.74 Å². The molecular formula is C13H18BrFO. The first-order valence-corrected chi connectivity index (χ1v) is 6.79. The largest absolute Gasteiger partial charge is 0.382 e. The van der Waals surface area contributed by atoms with Crippen LogP contribution in [0.5, 0.6) is 0 Å². The molecule has 0 N–H and O–H groups in total. The average molecular weight is 289 g/mol. The SMILES string of the molecule is CCOCCCC(CBr)c1ccccc1F. The molecule has 0 heterocycles. The van der Waals surface area contributed by atoms with Crippen LogP contribution in [-0.2, 0) is 4.74 Å². The van der Waals surface area contributed by atoms with Crippen molar-refractivity contribution < 1.29 is 9.13 Å². The summed E-state index contributed by atoms with van der Waals surface area (Å²) in [6.07, 6.45) is 1.92. The fourth-order valence-corrected chi connectivity index (χ4v) is 2.37. The number of ether oxygens (including phenoxy) is 1. The van der Waals surface area contributed by atoms with Crippen molar-refractivity contribution in [3.05, 3.63) is 35.6 Å². The van der Waals surface area contributed by atoms with Crippen molar-refractivity contribution in [3.8, 4) is 0 Å². The molecule has 1 atom stereocenters. The second-order valence-electron chi connectivity index (χ2n) is 3.71. The van der Waals surface area contributed by atoms with Crippen molar-refractivity contribution in [3.63, 3.8) is 0 Å². The van der Waals surface area contributed by atoms with Crippen LogP contribution in [-0.4, -0.2) is 18.5 Å². The molecule has 16 heavy (non-hydrogen) atoms. The maximum absolute atomic E-state index is 13.5. The Hall–Kier alpha value is -0.410. The van der Waals surface area contributed by atoms with E-state index in [1.54, 1.807) is 6.07 Å². The average Bonchev–Trinajstić information content (AvgIpc) is 2.31. The molecule has 0 amide bonds. The van der Waals surface area contributed by atoms with Gasteiger partial charge in [-0.25, -0.2) is 4.39 Å². The standard InChI is InChI=1S/C13H18BrFO/c1-2-16-9-5-6-11(10-14)12-7-3-4-8-13(12)15/h3-4,7-8,11H,2,5-6,9-10H2,1H3. The molecule has 0 aliphatic carbocycles. The smallest absolute Gasteiger partial charge is 0.126 e. The third kappa shape index (κ3) is 4.22. The van der Waals surface area contributed by atoms with Crippen molar-refractivity contribution in [1.82, 2.24) is 0 Å². The Labute approximate surface area is 105 Å². The number of halogens is 2. The predicted molar refractivity (Wildman–Crippen MR) is 68.7 cm³/mol. The molecule has 0 aliphatic heterocycles. The van der Waals surface area contributed by atoms with Gasteiger partial charge in [-0.1, -0.05) is 34.1 Å². The molecule has 0 spiro atoms. The van der Waals surface area contributed by atoms with Crippen LogP contribution in [0.2, 0.25) is 0 Å². The van der Waals surface area contributed by atoms with Crippen LogP contribution in [0.25, 0.3) is 0 Å². The Morgan fingerprint density at radius 3 is 2.75 bits per heavy atom. The molecule has 90 valence electrons. The lowest BCUT2D eigenvalue weighted by Gasteiger charge is -2.15. The van der Waals surface area contributed by atoms with Crippen LogP contribution in [0.3, 0.4) is 0 Å². The summed E-state index contributed by atoms with van der Waals surface area (Å²) >= 11 is 3.45. The lowest BCUT2D eigenvalue weighted by molar-refractivity contribution is 0.142. The van der Waals surface area contributed by atoms with Crippen molar-refractivity contribution in [2.45, 2.75) is 25.7 Å². The van der Waals surface area contributed by atoms with Crippen molar-refractivity contribution >= 4 is 15.9 Å². The lowest BCUT2D eigenvalue weighted by Crippen LogP contribution is -2.05. The highest BCUT2D eigenvalue weighted by atomic mass is 79.9. The van der Waals surface area contributed by atoms with Crippen LogP contribution >= 0.6 is 15.9 Å². The minimum Gasteiger partial charge on any atom is -0.382 e. The van der Waals surface area contributed by atoms with Crippen LogP contribution < -0.4 is 0 Å². The third-order valence-electron chi connectivity index (χ3n) is 2.58. The van der Waals surface area contributed by atoms with E-state index in [0.29, 0.717) is 0 Å². The first-order valence-electron chi connectivity index (χ1n) is 5.67. The summed E-state index contributed by atoms with van der Waals surface area (Å²) in [4.78, 5) is 0. The molecule has 1 unspecified atom stereocenters. The van der Waals surface area contributed by atoms with Gasteiger partial charge in [-0.15, -0.1) is 0 Å². The molecule has 1 aromatic rings. The van der Waals surface area contributed by atoms with Gasteiger partial charge in [0.1, 0.15) is 5.82 Å². The van der Waals surface area contributed by atoms with Gasteiger partial charge in [-0.2, -0.15) is 0 Å². The Morgan fingerprint density at radius 1 is 1.38 bits per heavy atom. The van der Waals surface area contributed by atoms with E-state index in [1.807, 2.05) is 19.1 Å². The van der Waals surface area contributed by atoms with E-state index in [-0.39, 0.29) is 11.7 Å². The highest BCUT2D eigenvalue weighted by molar-refractivity contribution is 9.09. The maximum Gasteiger partial charge on any atom is 0.126 e. The Morgan fingerprint density at radius 2 is 2.12 bits per heavy atom. The van der Waals surface area contributed by atoms with E-state index in [2.05, 4.69) is 15.9 Å². The van der Waals surface area contributed by atoms with Gasteiger partial charge in [0.2, 0.25) is 0 Å². The van der Waals surface area contributed by atoms with Gasteiger partial charge in [0, 0.05) is 18.5 Å². The molecule has 1 aromatic carbocycles. The molecule has 0 aliphatic rings. The maximum atomic E-state index is 13.5. The highest BCUT2D eigenvalue weighted by Crippen LogP contribution is 2.25. The zero-order valence-corrected chi connectivity index (χ0v) is 11.2. The van der Waals surface area contributed by atoms with Crippen LogP contribution in [0.4, 0.5) is 4.39 Å². The van der Waals surface area contributed by atoms with E-state index >= 15 is 0 Å². The molecule has 0 fully saturated rings. The molecule has 0 saturated heterocycles. The number of alkyl halides is 1. The fraction of sp³-hybridized carbons (Fsp3) is 0.538. The first kappa shape index (κ1) is 13.7. The number of benzene rings is 1. The topological polar surface area (TPSA) is 9.23 Å². The van der Waals surface area contributed by atoms with Gasteiger partial charge in [0.15, 0.2) is 0 Å². The quantitative estimate of drug-likeness (QED) is 0.542. The van der Waals surface area contributed by atoms with Crippen molar-refractivity contribution in [1.29, 1.82) is 0 Å². The van der Waals surface area contributed by atoms with Crippen molar-refractivity contribution in [2.75, 3.05) is 18.5 Å². The summed E-state index contributed by atoms with van der Waals surface area (Å²) in [5.41, 5.74) is 0.802. The van der Waals surface area contributed by atoms with E-state index in [9.17, 15) is 4.39 Å². The molecule has 1 rings (SSSR count). The van der Waals surface area contributed by atoms with E-state index < -0.39 is 0 Å². The molecule has 0 bridgehead atoms. The predicted octanol–water partition coefficient (Wildman–Crippen LogP) is 4.12. The number of hydrogen-bond acceptors (Lipinski definition) is 1. The zero-order valence-electron chi connectivity index (χ0n) is 9.59. The van der Waals surface area contributed by atoms with Crippen LogP contribution in [0, 0.1) is 5.82 Å². The van der Waals surface area contributed by atoms with E-state index in [1.165, 1.54) is 6.07 Å². The van der Waals surface area contributed by atoms with Gasteiger partial charge in [0.05, 0.1) is 0 Å². The molecule has 0 saturated carbocycles. The molecule has 0 radical (unpaired) electrons. The second kappa shape index (κ2) is 7.80. The minimum atomic E-state index is -0.108. The molecule has 3 heteroatoms. The first-order chi connectivity index (χ1) is 7.79. The molecule has 0 aromatic heterocycles. The van der Waals surface area contributed by atoms with Gasteiger partial charge in [-0.3, -0.25) is 0 Å². The number of hydrogen-bond donors (Lipinski definition) is 0. The van der Waals surface area contributed by atoms with Gasteiger partial charge < -0.3 is 4.74 Å². The zero-order chi connectivity index (χ0) is 11.8. The van der Waals surface area contributed by atoms with Gasteiger partial charge in [0.25, 0.3) is 0 Å².